The van der Waals surface area contributed by atoms with Crippen molar-refractivity contribution in [3.05, 3.63) is 34.4 Å². The Morgan fingerprint density at radius 1 is 1.10 bits per heavy atom. The molecule has 29 heavy (non-hydrogen) atoms. The number of ether oxygens (including phenoxy) is 2. The number of hydrogen-bond acceptors (Lipinski definition) is 6. The molecule has 2 amide bonds. The fourth-order valence-electron chi connectivity index (χ4n) is 3.02. The minimum Gasteiger partial charge on any atom is -0.444 e. The molecule has 1 fully saturated rings. The van der Waals surface area contributed by atoms with Gasteiger partial charge in [0.15, 0.2) is 0 Å². The molecule has 0 saturated carbocycles. The Labute approximate surface area is 170 Å². The number of hydrogen-bond donors (Lipinski definition) is 0. The van der Waals surface area contributed by atoms with Gasteiger partial charge in [-0.25, -0.2) is 9.59 Å². The molecule has 1 heterocycles. The lowest BCUT2D eigenvalue weighted by molar-refractivity contribution is -0.384. The number of anilines is 1. The molecule has 1 aliphatic rings. The van der Waals surface area contributed by atoms with Crippen LogP contribution in [0.5, 0.6) is 0 Å². The predicted molar refractivity (Wildman–Crippen MR) is 108 cm³/mol. The Kier molecular flexibility index (Phi) is 6.40. The second-order valence-electron chi connectivity index (χ2n) is 8.97. The van der Waals surface area contributed by atoms with Crippen LogP contribution < -0.4 is 4.90 Å². The first-order valence-corrected chi connectivity index (χ1v) is 9.52. The van der Waals surface area contributed by atoms with E-state index < -0.39 is 34.4 Å². The second kappa shape index (κ2) is 8.26. The van der Waals surface area contributed by atoms with Gasteiger partial charge in [0.25, 0.3) is 5.69 Å². The standard InChI is InChI=1S/C20H29N3O6/c1-19(2,3)28-17(24)21-12-11-14(13-21)22(18(25)29-20(4,5)6)15-9-7-8-10-16(15)23(26)27/h7-10,14H,11-13H2,1-6H3. The first kappa shape index (κ1) is 22.4. The van der Waals surface area contributed by atoms with E-state index in [1.807, 2.05) is 0 Å². The molecule has 9 heteroatoms. The monoisotopic (exact) mass is 407 g/mol. The van der Waals surface area contributed by atoms with Gasteiger partial charge in [-0.1, -0.05) is 12.1 Å². The molecule has 1 unspecified atom stereocenters. The number of rotatable bonds is 3. The fraction of sp³-hybridized carbons (Fsp3) is 0.600. The topological polar surface area (TPSA) is 102 Å². The molecule has 1 atom stereocenters. The highest BCUT2D eigenvalue weighted by atomic mass is 16.6. The number of carbonyl (C=O) groups is 2. The van der Waals surface area contributed by atoms with Crippen molar-refractivity contribution < 1.29 is 24.0 Å². The number of benzene rings is 1. The molecule has 9 nitrogen and oxygen atoms in total. The molecule has 1 aromatic rings. The van der Waals surface area contributed by atoms with Crippen LogP contribution >= 0.6 is 0 Å². The number of para-hydroxylation sites is 2. The zero-order chi connectivity index (χ0) is 22.0. The van der Waals surface area contributed by atoms with E-state index in [1.165, 1.54) is 28.0 Å². The summed E-state index contributed by atoms with van der Waals surface area (Å²) in [4.78, 5) is 39.1. The molecule has 0 spiro atoms. The Balaban J connectivity index is 2.34. The minimum atomic E-state index is -0.775. The summed E-state index contributed by atoms with van der Waals surface area (Å²) in [6, 6.07) is 5.54. The Morgan fingerprint density at radius 3 is 2.24 bits per heavy atom. The summed E-state index contributed by atoms with van der Waals surface area (Å²) in [7, 11) is 0. The number of nitro benzene ring substituents is 1. The first-order chi connectivity index (χ1) is 13.3. The molecule has 160 valence electrons. The number of likely N-dealkylation sites (tertiary alicyclic amines) is 1. The van der Waals surface area contributed by atoms with Crippen LogP contribution in [0.2, 0.25) is 0 Å². The van der Waals surface area contributed by atoms with Gasteiger partial charge in [0.2, 0.25) is 0 Å². The van der Waals surface area contributed by atoms with Gasteiger partial charge in [-0.3, -0.25) is 15.0 Å². The number of amides is 2. The lowest BCUT2D eigenvalue weighted by atomic mass is 10.1. The predicted octanol–water partition coefficient (Wildman–Crippen LogP) is 4.35. The highest BCUT2D eigenvalue weighted by Crippen LogP contribution is 2.33. The van der Waals surface area contributed by atoms with Gasteiger partial charge in [0, 0.05) is 19.2 Å². The van der Waals surface area contributed by atoms with Gasteiger partial charge >= 0.3 is 12.2 Å². The number of nitrogens with zero attached hydrogens (tertiary/aromatic N) is 3. The molecular formula is C20H29N3O6. The van der Waals surface area contributed by atoms with Crippen LogP contribution in [-0.2, 0) is 9.47 Å². The lowest BCUT2D eigenvalue weighted by Crippen LogP contribution is -2.46. The Morgan fingerprint density at radius 2 is 1.69 bits per heavy atom. The zero-order valence-corrected chi connectivity index (χ0v) is 17.8. The quantitative estimate of drug-likeness (QED) is 0.545. The van der Waals surface area contributed by atoms with Crippen molar-refractivity contribution in [1.82, 2.24) is 4.90 Å². The summed E-state index contributed by atoms with van der Waals surface area (Å²) >= 11 is 0. The normalized spacial score (nSPS) is 17.0. The van der Waals surface area contributed by atoms with E-state index in [-0.39, 0.29) is 17.9 Å². The van der Waals surface area contributed by atoms with Crippen LogP contribution in [0.3, 0.4) is 0 Å². The van der Waals surface area contributed by atoms with Crippen LogP contribution in [0.25, 0.3) is 0 Å². The largest absolute Gasteiger partial charge is 0.444 e. The van der Waals surface area contributed by atoms with E-state index in [0.717, 1.165) is 0 Å². The van der Waals surface area contributed by atoms with E-state index in [4.69, 9.17) is 9.47 Å². The van der Waals surface area contributed by atoms with Crippen molar-refractivity contribution in [1.29, 1.82) is 0 Å². The molecule has 1 aromatic carbocycles. The van der Waals surface area contributed by atoms with Crippen molar-refractivity contribution >= 4 is 23.6 Å². The van der Waals surface area contributed by atoms with Crippen molar-refractivity contribution in [3.8, 4) is 0 Å². The smallest absolute Gasteiger partial charge is 0.415 e. The summed E-state index contributed by atoms with van der Waals surface area (Å²) < 4.78 is 10.9. The maximum absolute atomic E-state index is 13.0. The molecule has 0 aromatic heterocycles. The maximum atomic E-state index is 13.0. The second-order valence-corrected chi connectivity index (χ2v) is 8.97. The molecular weight excluding hydrogens is 378 g/mol. The lowest BCUT2D eigenvalue weighted by Gasteiger charge is -2.31. The molecule has 0 aliphatic carbocycles. The highest BCUT2D eigenvalue weighted by molar-refractivity contribution is 5.92. The van der Waals surface area contributed by atoms with Crippen LogP contribution in [0.4, 0.5) is 21.0 Å². The third-order valence-electron chi connectivity index (χ3n) is 4.11. The van der Waals surface area contributed by atoms with Gasteiger partial charge in [-0.05, 0) is 54.0 Å². The zero-order valence-electron chi connectivity index (χ0n) is 17.8. The summed E-state index contributed by atoms with van der Waals surface area (Å²) in [5.74, 6) is 0. The van der Waals surface area contributed by atoms with Gasteiger partial charge in [-0.15, -0.1) is 0 Å². The average Bonchev–Trinajstić information content (AvgIpc) is 3.02. The van der Waals surface area contributed by atoms with Crippen LogP contribution in [0.1, 0.15) is 48.0 Å². The molecule has 1 aliphatic heterocycles. The molecule has 0 N–H and O–H groups in total. The number of nitro groups is 1. The SMILES string of the molecule is CC(C)(C)OC(=O)N1CCC(N(C(=O)OC(C)(C)C)c2ccccc2[N+](=O)[O-])C1. The molecule has 1 saturated heterocycles. The fourth-order valence-corrected chi connectivity index (χ4v) is 3.02. The van der Waals surface area contributed by atoms with E-state index >= 15 is 0 Å². The molecule has 2 rings (SSSR count). The average molecular weight is 407 g/mol. The Bertz CT molecular complexity index is 781. The van der Waals surface area contributed by atoms with E-state index in [0.29, 0.717) is 13.0 Å². The third-order valence-corrected chi connectivity index (χ3v) is 4.11. The minimum absolute atomic E-state index is 0.141. The molecule has 0 radical (unpaired) electrons. The van der Waals surface area contributed by atoms with Crippen LogP contribution in [-0.4, -0.2) is 52.3 Å². The summed E-state index contributed by atoms with van der Waals surface area (Å²) in [5, 5.41) is 11.5. The van der Waals surface area contributed by atoms with Gasteiger partial charge in [-0.2, -0.15) is 0 Å². The third kappa shape index (κ3) is 6.07. The van der Waals surface area contributed by atoms with Crippen LogP contribution in [0, 0.1) is 10.1 Å². The number of carbonyl (C=O) groups excluding carboxylic acids is 2. The van der Waals surface area contributed by atoms with Gasteiger partial charge in [0.05, 0.1) is 11.0 Å². The summed E-state index contributed by atoms with van der Waals surface area (Å²) in [6.07, 6.45) is -0.723. The van der Waals surface area contributed by atoms with Gasteiger partial charge in [0.1, 0.15) is 16.9 Å². The first-order valence-electron chi connectivity index (χ1n) is 9.52. The highest BCUT2D eigenvalue weighted by Gasteiger charge is 2.39. The van der Waals surface area contributed by atoms with Gasteiger partial charge < -0.3 is 14.4 Å². The van der Waals surface area contributed by atoms with Crippen molar-refractivity contribution in [2.45, 2.75) is 65.2 Å². The summed E-state index contributed by atoms with van der Waals surface area (Å²) in [5.41, 5.74) is -1.47. The van der Waals surface area contributed by atoms with Crippen molar-refractivity contribution in [2.75, 3.05) is 18.0 Å². The summed E-state index contributed by atoms with van der Waals surface area (Å²) in [6.45, 7) is 11.1. The van der Waals surface area contributed by atoms with E-state index in [1.54, 1.807) is 47.6 Å². The van der Waals surface area contributed by atoms with E-state index in [9.17, 15) is 19.7 Å². The van der Waals surface area contributed by atoms with Crippen molar-refractivity contribution in [2.24, 2.45) is 0 Å². The van der Waals surface area contributed by atoms with Crippen molar-refractivity contribution in [3.63, 3.8) is 0 Å². The maximum Gasteiger partial charge on any atom is 0.415 e. The van der Waals surface area contributed by atoms with E-state index in [2.05, 4.69) is 0 Å². The van der Waals surface area contributed by atoms with Crippen LogP contribution in [0.15, 0.2) is 24.3 Å². The Hall–Kier alpha value is -2.84. The molecule has 0 bridgehead atoms.